The fraction of sp³-hybridized carbons (Fsp3) is 0.500. The van der Waals surface area contributed by atoms with Crippen LogP contribution in [0.25, 0.3) is 5.69 Å². The van der Waals surface area contributed by atoms with Gasteiger partial charge in [-0.05, 0) is 31.4 Å². The van der Waals surface area contributed by atoms with Crippen molar-refractivity contribution in [3.8, 4) is 5.69 Å². The molecule has 6 rings (SSSR count). The monoisotopic (exact) mass is 366 g/mol. The maximum absolute atomic E-state index is 12.6. The molecule has 0 spiro atoms. The van der Waals surface area contributed by atoms with E-state index in [4.69, 9.17) is 5.10 Å². The highest BCUT2D eigenvalue weighted by Gasteiger charge is 2.32. The SMILES string of the molecule is O=C(NCC1CN2CCN1CC2)Nc1c2c(nn1-c1ccccc1)CCC2. The van der Waals surface area contributed by atoms with Gasteiger partial charge in [0, 0.05) is 50.9 Å². The Morgan fingerprint density at radius 3 is 2.67 bits per heavy atom. The Hall–Kier alpha value is -2.38. The first kappa shape index (κ1) is 16.8. The fourth-order valence-electron chi connectivity index (χ4n) is 4.56. The standard InChI is InChI=1S/C20H26N6O/c27-20(21-13-16-14-24-9-11-25(16)12-10-24)22-19-17-7-4-8-18(17)23-26(19)15-5-2-1-3-6-15/h1-3,5-6,16H,4,7-14H2,(H2,21,22,27). The van der Waals surface area contributed by atoms with E-state index in [9.17, 15) is 4.79 Å². The second kappa shape index (κ2) is 6.98. The number of urea groups is 1. The number of nitrogens with zero attached hydrogens (tertiary/aromatic N) is 4. The first-order chi connectivity index (χ1) is 13.3. The van der Waals surface area contributed by atoms with Crippen molar-refractivity contribution in [2.24, 2.45) is 0 Å². The van der Waals surface area contributed by atoms with E-state index < -0.39 is 0 Å². The molecule has 3 saturated heterocycles. The number of nitrogens with one attached hydrogen (secondary N) is 2. The number of hydrogen-bond donors (Lipinski definition) is 2. The summed E-state index contributed by atoms with van der Waals surface area (Å²) in [5.74, 6) is 0.820. The third-order valence-electron chi connectivity index (χ3n) is 6.03. The van der Waals surface area contributed by atoms with E-state index in [-0.39, 0.29) is 6.03 Å². The number of aromatic nitrogens is 2. The third kappa shape index (κ3) is 3.21. The van der Waals surface area contributed by atoms with Crippen molar-refractivity contribution >= 4 is 11.8 Å². The zero-order chi connectivity index (χ0) is 18.2. The molecule has 2 amide bonds. The summed E-state index contributed by atoms with van der Waals surface area (Å²) in [4.78, 5) is 17.6. The molecule has 0 saturated carbocycles. The zero-order valence-electron chi connectivity index (χ0n) is 15.5. The van der Waals surface area contributed by atoms with Crippen LogP contribution in [0.1, 0.15) is 17.7 Å². The molecule has 7 nitrogen and oxygen atoms in total. The molecule has 4 heterocycles. The van der Waals surface area contributed by atoms with Crippen molar-refractivity contribution in [1.82, 2.24) is 24.9 Å². The first-order valence-corrected chi connectivity index (χ1v) is 9.95. The fourth-order valence-corrected chi connectivity index (χ4v) is 4.56. The zero-order valence-corrected chi connectivity index (χ0v) is 15.5. The summed E-state index contributed by atoms with van der Waals surface area (Å²) in [5.41, 5.74) is 3.27. The highest BCUT2D eigenvalue weighted by Crippen LogP contribution is 2.30. The summed E-state index contributed by atoms with van der Waals surface area (Å²) in [6.45, 7) is 6.28. The van der Waals surface area contributed by atoms with Crippen molar-refractivity contribution < 1.29 is 4.79 Å². The van der Waals surface area contributed by atoms with Crippen molar-refractivity contribution in [2.75, 3.05) is 44.6 Å². The van der Waals surface area contributed by atoms with Crippen LogP contribution in [0.15, 0.2) is 30.3 Å². The molecule has 1 unspecified atom stereocenters. The highest BCUT2D eigenvalue weighted by atomic mass is 16.2. The molecule has 4 aliphatic rings. The molecule has 1 aliphatic carbocycles. The maximum Gasteiger partial charge on any atom is 0.320 e. The molecule has 2 bridgehead atoms. The molecule has 1 aromatic carbocycles. The number of benzene rings is 1. The number of piperazine rings is 3. The van der Waals surface area contributed by atoms with Crippen molar-refractivity contribution in [1.29, 1.82) is 0 Å². The van der Waals surface area contributed by atoms with Gasteiger partial charge in [0.15, 0.2) is 0 Å². The van der Waals surface area contributed by atoms with Crippen LogP contribution in [-0.4, -0.2) is 70.9 Å². The van der Waals surface area contributed by atoms with Gasteiger partial charge >= 0.3 is 6.03 Å². The minimum atomic E-state index is -0.139. The predicted octanol–water partition coefficient (Wildman–Crippen LogP) is 1.48. The number of anilines is 1. The highest BCUT2D eigenvalue weighted by molar-refractivity contribution is 5.89. The summed E-state index contributed by atoms with van der Waals surface area (Å²) in [6.07, 6.45) is 3.07. The molecule has 0 radical (unpaired) electrons. The first-order valence-electron chi connectivity index (χ1n) is 9.95. The largest absolute Gasteiger partial charge is 0.336 e. The van der Waals surface area contributed by atoms with E-state index in [1.54, 1.807) is 0 Å². The number of aryl methyl sites for hydroxylation is 1. The molecular formula is C20H26N6O. The number of rotatable bonds is 4. The van der Waals surface area contributed by atoms with Gasteiger partial charge in [-0.25, -0.2) is 9.48 Å². The Morgan fingerprint density at radius 2 is 1.93 bits per heavy atom. The molecular weight excluding hydrogens is 340 g/mol. The lowest BCUT2D eigenvalue weighted by molar-refractivity contribution is 0.0149. The Labute approximate surface area is 159 Å². The van der Waals surface area contributed by atoms with Crippen LogP contribution in [0.5, 0.6) is 0 Å². The lowest BCUT2D eigenvalue weighted by Gasteiger charge is -2.47. The van der Waals surface area contributed by atoms with Gasteiger partial charge in [0.2, 0.25) is 0 Å². The summed E-state index contributed by atoms with van der Waals surface area (Å²) in [5, 5.41) is 10.9. The van der Waals surface area contributed by atoms with Gasteiger partial charge in [-0.2, -0.15) is 5.10 Å². The van der Waals surface area contributed by atoms with Crippen LogP contribution in [-0.2, 0) is 12.8 Å². The quantitative estimate of drug-likeness (QED) is 0.860. The van der Waals surface area contributed by atoms with Crippen LogP contribution >= 0.6 is 0 Å². The number of hydrogen-bond acceptors (Lipinski definition) is 4. The summed E-state index contributed by atoms with van der Waals surface area (Å²) >= 11 is 0. The van der Waals surface area contributed by atoms with E-state index in [0.29, 0.717) is 12.6 Å². The maximum atomic E-state index is 12.6. The normalized spacial score (nSPS) is 26.0. The van der Waals surface area contributed by atoms with Gasteiger partial charge in [-0.15, -0.1) is 0 Å². The third-order valence-corrected chi connectivity index (χ3v) is 6.03. The Kier molecular flexibility index (Phi) is 4.33. The summed E-state index contributed by atoms with van der Waals surface area (Å²) < 4.78 is 1.88. The van der Waals surface area contributed by atoms with E-state index in [1.165, 1.54) is 5.56 Å². The smallest absolute Gasteiger partial charge is 0.320 e. The van der Waals surface area contributed by atoms with Crippen molar-refractivity contribution in [3.63, 3.8) is 0 Å². The van der Waals surface area contributed by atoms with Gasteiger partial charge in [0.1, 0.15) is 5.82 Å². The van der Waals surface area contributed by atoms with E-state index >= 15 is 0 Å². The predicted molar refractivity (Wildman–Crippen MR) is 104 cm³/mol. The van der Waals surface area contributed by atoms with Crippen LogP contribution in [0.4, 0.5) is 10.6 Å². The van der Waals surface area contributed by atoms with Gasteiger partial charge < -0.3 is 5.32 Å². The number of carbonyl (C=O) groups excluding carboxylic acids is 1. The second-order valence-corrected chi connectivity index (χ2v) is 7.70. The van der Waals surface area contributed by atoms with Crippen LogP contribution in [0.2, 0.25) is 0 Å². The van der Waals surface area contributed by atoms with E-state index in [2.05, 4.69) is 20.4 Å². The van der Waals surface area contributed by atoms with E-state index in [0.717, 1.165) is 69.2 Å². The average Bonchev–Trinajstić information content (AvgIpc) is 3.31. The van der Waals surface area contributed by atoms with Gasteiger partial charge in [-0.3, -0.25) is 15.1 Å². The molecule has 1 aromatic heterocycles. The molecule has 1 atom stereocenters. The lowest BCUT2D eigenvalue weighted by atomic mass is 10.1. The van der Waals surface area contributed by atoms with Crippen LogP contribution < -0.4 is 10.6 Å². The Bertz CT molecular complexity index is 824. The second-order valence-electron chi connectivity index (χ2n) is 7.70. The Balaban J connectivity index is 1.29. The molecule has 2 aromatic rings. The summed E-state index contributed by atoms with van der Waals surface area (Å²) in [7, 11) is 0. The van der Waals surface area contributed by atoms with Crippen LogP contribution in [0, 0.1) is 0 Å². The van der Waals surface area contributed by atoms with Gasteiger partial charge in [0.05, 0.1) is 11.4 Å². The lowest BCUT2D eigenvalue weighted by Crippen LogP contribution is -2.63. The van der Waals surface area contributed by atoms with Crippen molar-refractivity contribution in [2.45, 2.75) is 25.3 Å². The molecule has 142 valence electrons. The topological polar surface area (TPSA) is 65.4 Å². The number of para-hydroxylation sites is 1. The molecule has 27 heavy (non-hydrogen) atoms. The molecule has 2 N–H and O–H groups in total. The van der Waals surface area contributed by atoms with E-state index in [1.807, 2.05) is 35.0 Å². The summed E-state index contributed by atoms with van der Waals surface area (Å²) in [6, 6.07) is 10.3. The number of fused-ring (bicyclic) bond motifs is 4. The van der Waals surface area contributed by atoms with Gasteiger partial charge in [0.25, 0.3) is 0 Å². The van der Waals surface area contributed by atoms with Crippen molar-refractivity contribution in [3.05, 3.63) is 41.6 Å². The number of carbonyl (C=O) groups is 1. The number of amides is 2. The van der Waals surface area contributed by atoms with Crippen LogP contribution in [0.3, 0.4) is 0 Å². The molecule has 3 aliphatic heterocycles. The molecule has 3 fully saturated rings. The van der Waals surface area contributed by atoms with Gasteiger partial charge in [-0.1, -0.05) is 18.2 Å². The minimum Gasteiger partial charge on any atom is -0.336 e. The minimum absolute atomic E-state index is 0.139. The molecule has 7 heteroatoms. The Morgan fingerprint density at radius 1 is 1.11 bits per heavy atom. The average molecular weight is 366 g/mol.